The molecule has 0 N–H and O–H groups in total. The zero-order chi connectivity index (χ0) is 64.9. The van der Waals surface area contributed by atoms with Gasteiger partial charge in [0.05, 0.1) is 55.3 Å². The molecule has 460 valence electrons. The Labute approximate surface area is 565 Å². The summed E-state index contributed by atoms with van der Waals surface area (Å²) < 4.78 is 9.59. The largest absolute Gasteiger partial charge is 0.309 e. The molecule has 0 amide bonds. The highest BCUT2D eigenvalue weighted by Crippen LogP contribution is 2.52. The lowest BCUT2D eigenvalue weighted by molar-refractivity contribution is 0.660. The van der Waals surface area contributed by atoms with Gasteiger partial charge in [0.25, 0.3) is 0 Å². The third kappa shape index (κ3) is 7.68. The summed E-state index contributed by atoms with van der Waals surface area (Å²) in [5.74, 6) is 0.627. The molecule has 6 nitrogen and oxygen atoms in total. The van der Waals surface area contributed by atoms with Crippen LogP contribution in [0, 0.1) is 0 Å². The number of nitrogens with zero attached hydrogens (tertiary/aromatic N) is 6. The summed E-state index contributed by atoms with van der Waals surface area (Å²) in [4.78, 5) is 11.2. The van der Waals surface area contributed by atoms with Crippen LogP contribution in [0.25, 0.3) is 177 Å². The Morgan fingerprint density at radius 3 is 1.00 bits per heavy atom. The van der Waals surface area contributed by atoms with Crippen molar-refractivity contribution in [2.24, 2.45) is 0 Å². The van der Waals surface area contributed by atoms with E-state index in [9.17, 15) is 0 Å². The van der Waals surface area contributed by atoms with Crippen LogP contribution >= 0.6 is 0 Å². The van der Waals surface area contributed by atoms with Gasteiger partial charge in [-0.3, -0.25) is 4.57 Å². The summed E-state index contributed by atoms with van der Waals surface area (Å²) in [6, 6.07) is 112. The quantitative estimate of drug-likeness (QED) is 0.160. The van der Waals surface area contributed by atoms with E-state index in [-0.39, 0.29) is 10.8 Å². The second kappa shape index (κ2) is 20.1. The fraction of sp³-hybridized carbons (Fsp3) is 0.0652. The number of fused-ring (bicyclic) bond motifs is 19. The first-order valence-electron chi connectivity index (χ1n) is 34.1. The van der Waals surface area contributed by atoms with Crippen LogP contribution in [0.1, 0.15) is 49.9 Å². The highest BCUT2D eigenvalue weighted by molar-refractivity contribution is 6.15. The van der Waals surface area contributed by atoms with E-state index in [2.05, 4.69) is 349 Å². The molecular weight excluding hydrogens is 1190 g/mol. The average Bonchev–Trinajstić information content (AvgIpc) is 1.57. The fourth-order valence-electron chi connectivity index (χ4n) is 17.5. The molecule has 2 aliphatic rings. The second-order valence-corrected chi connectivity index (χ2v) is 28.1. The lowest BCUT2D eigenvalue weighted by Crippen LogP contribution is -2.15. The van der Waals surface area contributed by atoms with Crippen molar-refractivity contribution in [2.75, 3.05) is 0 Å². The predicted molar refractivity (Wildman–Crippen MR) is 408 cm³/mol. The van der Waals surface area contributed by atoms with Crippen molar-refractivity contribution in [3.05, 3.63) is 326 Å². The molecule has 0 fully saturated rings. The molecule has 0 saturated heterocycles. The molecule has 0 spiro atoms. The van der Waals surface area contributed by atoms with Crippen molar-refractivity contribution in [2.45, 2.75) is 38.5 Å². The fourth-order valence-corrected chi connectivity index (χ4v) is 17.5. The van der Waals surface area contributed by atoms with Crippen molar-refractivity contribution >= 4 is 98.1 Å². The van der Waals surface area contributed by atoms with Gasteiger partial charge in [-0.1, -0.05) is 216 Å². The lowest BCUT2D eigenvalue weighted by Gasteiger charge is -2.22. The topological polar surface area (TPSA) is 45.5 Å². The van der Waals surface area contributed by atoms with Crippen molar-refractivity contribution in [3.63, 3.8) is 0 Å². The Bertz CT molecular complexity index is 6680. The molecular formula is C92H62N6. The monoisotopic (exact) mass is 1250 g/mol. The highest BCUT2D eigenvalue weighted by Gasteiger charge is 2.37. The van der Waals surface area contributed by atoms with Crippen LogP contribution < -0.4 is 0 Å². The molecule has 14 aromatic carbocycles. The van der Waals surface area contributed by atoms with Gasteiger partial charge in [-0.15, -0.1) is 0 Å². The number of hydrogen-bond acceptors (Lipinski definition) is 2. The minimum absolute atomic E-state index is 0.0972. The van der Waals surface area contributed by atoms with Gasteiger partial charge >= 0.3 is 0 Å². The summed E-state index contributed by atoms with van der Waals surface area (Å²) in [6.45, 7) is 9.44. The highest BCUT2D eigenvalue weighted by atomic mass is 15.2. The molecule has 0 unspecified atom stereocenters. The Morgan fingerprint density at radius 2 is 0.561 bits per heavy atom. The molecule has 0 atom stereocenters. The molecule has 21 rings (SSSR count). The van der Waals surface area contributed by atoms with Gasteiger partial charge in [0.1, 0.15) is 0 Å². The SMILES string of the molecule is CC1(C)c2ccccc2-c2ccc(-n3c4ccccc4c4cc(-c5ccc6c(c5)c5ccccc5n6-c5ccc6nc(-n7c8ccccc8c8cc(-c9ccc%10c(c9)c9ccccc9n%10-c9ccc%10c(c9)C(C)(C)c9ccccc9-%10)ccc87)nc(-c7ccccc7)c6c5)ccc43)cc21. The van der Waals surface area contributed by atoms with Crippen molar-refractivity contribution in [3.8, 4) is 78.8 Å². The summed E-state index contributed by atoms with van der Waals surface area (Å²) in [5, 5.41) is 10.6. The van der Waals surface area contributed by atoms with E-state index in [0.29, 0.717) is 5.95 Å². The van der Waals surface area contributed by atoms with E-state index in [0.717, 1.165) is 71.8 Å². The number of para-hydroxylation sites is 4. The number of rotatable bonds is 7. The smallest absolute Gasteiger partial charge is 0.235 e. The van der Waals surface area contributed by atoms with Crippen molar-refractivity contribution in [1.29, 1.82) is 0 Å². The predicted octanol–water partition coefficient (Wildman–Crippen LogP) is 23.6. The van der Waals surface area contributed by atoms with Crippen LogP contribution in [0.3, 0.4) is 0 Å². The van der Waals surface area contributed by atoms with Crippen LogP contribution in [0.4, 0.5) is 0 Å². The maximum absolute atomic E-state index is 5.64. The van der Waals surface area contributed by atoms with Crippen LogP contribution in [0.15, 0.2) is 303 Å². The van der Waals surface area contributed by atoms with E-state index < -0.39 is 0 Å². The Hall–Kier alpha value is -12.4. The molecule has 19 aromatic rings. The zero-order valence-corrected chi connectivity index (χ0v) is 54.6. The third-order valence-electron chi connectivity index (χ3n) is 22.2. The molecule has 5 aromatic heterocycles. The molecule has 5 heterocycles. The first-order chi connectivity index (χ1) is 48.1. The first-order valence-corrected chi connectivity index (χ1v) is 34.1. The molecule has 6 heteroatoms. The molecule has 0 radical (unpaired) electrons. The van der Waals surface area contributed by atoms with Crippen molar-refractivity contribution < 1.29 is 0 Å². The van der Waals surface area contributed by atoms with E-state index in [4.69, 9.17) is 9.97 Å². The van der Waals surface area contributed by atoms with Crippen LogP contribution in [0.5, 0.6) is 0 Å². The number of benzene rings is 14. The second-order valence-electron chi connectivity index (χ2n) is 28.1. The lowest BCUT2D eigenvalue weighted by atomic mass is 9.82. The Balaban J connectivity index is 0.658. The van der Waals surface area contributed by atoms with Gasteiger partial charge in [-0.25, -0.2) is 9.97 Å². The van der Waals surface area contributed by atoms with E-state index in [1.54, 1.807) is 0 Å². The van der Waals surface area contributed by atoms with E-state index >= 15 is 0 Å². The Morgan fingerprint density at radius 1 is 0.224 bits per heavy atom. The average molecular weight is 1250 g/mol. The van der Waals surface area contributed by atoms with Gasteiger partial charge in [0.2, 0.25) is 5.95 Å². The van der Waals surface area contributed by atoms with Crippen LogP contribution in [-0.4, -0.2) is 28.2 Å². The van der Waals surface area contributed by atoms with E-state index in [1.807, 2.05) is 0 Å². The van der Waals surface area contributed by atoms with Gasteiger partial charge in [-0.2, -0.15) is 0 Å². The summed E-state index contributed by atoms with van der Waals surface area (Å²) in [5.41, 5.74) is 30.6. The molecule has 98 heavy (non-hydrogen) atoms. The van der Waals surface area contributed by atoms with Gasteiger partial charge < -0.3 is 13.7 Å². The van der Waals surface area contributed by atoms with Gasteiger partial charge in [-0.05, 0) is 182 Å². The summed E-state index contributed by atoms with van der Waals surface area (Å²) in [7, 11) is 0. The normalized spacial score (nSPS) is 13.7. The minimum atomic E-state index is -0.100. The van der Waals surface area contributed by atoms with E-state index in [1.165, 1.54) is 121 Å². The first kappa shape index (κ1) is 55.0. The van der Waals surface area contributed by atoms with Crippen LogP contribution in [-0.2, 0) is 10.8 Å². The molecule has 0 bridgehead atoms. The number of hydrogen-bond donors (Lipinski definition) is 0. The Kier molecular flexibility index (Phi) is 11.3. The van der Waals surface area contributed by atoms with Crippen LogP contribution in [0.2, 0.25) is 0 Å². The van der Waals surface area contributed by atoms with Crippen molar-refractivity contribution in [1.82, 2.24) is 28.2 Å². The third-order valence-corrected chi connectivity index (χ3v) is 22.2. The minimum Gasteiger partial charge on any atom is -0.309 e. The summed E-state index contributed by atoms with van der Waals surface area (Å²) >= 11 is 0. The maximum Gasteiger partial charge on any atom is 0.235 e. The van der Waals surface area contributed by atoms with Gasteiger partial charge in [0, 0.05) is 81.9 Å². The maximum atomic E-state index is 5.64. The molecule has 0 saturated carbocycles. The molecule has 2 aliphatic carbocycles. The zero-order valence-electron chi connectivity index (χ0n) is 54.6. The summed E-state index contributed by atoms with van der Waals surface area (Å²) in [6.07, 6.45) is 0. The number of aromatic nitrogens is 6. The van der Waals surface area contributed by atoms with Gasteiger partial charge in [0.15, 0.2) is 0 Å². The molecule has 0 aliphatic heterocycles. The standard InChI is InChI=1S/C92H62N6/c1-91(2)76-28-14-8-22-63(76)65-41-38-61(53-78(65)91)96-82-31-17-11-25-68(82)72-49-57(35-45-86(72)96)56-34-44-85-71(48-56)67-24-10-16-30-81(67)95(85)60-40-43-80-75(52-60)89(55-20-6-5-7-21-55)94-90(93-80)98-84-33-19-13-27-70(84)74-51-59(37-47-88(74)98)58-36-46-87-73(50-58)69-26-12-18-32-83(69)97(87)62-39-42-66-64-23-9-15-29-77(64)92(3,4)79(66)54-62/h5-54H,1-4H3.